The maximum absolute atomic E-state index is 11.1. The molecule has 1 rings (SSSR count). The van der Waals surface area contributed by atoms with Gasteiger partial charge in [0, 0.05) is 6.54 Å². The first-order valence-electron chi connectivity index (χ1n) is 5.95. The summed E-state index contributed by atoms with van der Waals surface area (Å²) in [4.78, 5) is 23.4. The van der Waals surface area contributed by atoms with E-state index in [1.165, 1.54) is 4.90 Å². The fourth-order valence-corrected chi connectivity index (χ4v) is 1.48. The van der Waals surface area contributed by atoms with Gasteiger partial charge in [0.2, 0.25) is 11.8 Å². The van der Waals surface area contributed by atoms with Crippen molar-refractivity contribution in [3.8, 4) is 0 Å². The molecule has 1 unspecified atom stereocenters. The Bertz CT molecular complexity index is 207. The van der Waals surface area contributed by atoms with Gasteiger partial charge in [-0.1, -0.05) is 27.7 Å². The highest BCUT2D eigenvalue weighted by Crippen LogP contribution is 2.16. The van der Waals surface area contributed by atoms with Crippen molar-refractivity contribution in [3.63, 3.8) is 0 Å². The van der Waals surface area contributed by atoms with Gasteiger partial charge in [0.05, 0.1) is 6.54 Å². The van der Waals surface area contributed by atoms with E-state index < -0.39 is 11.9 Å². The van der Waals surface area contributed by atoms with Crippen LogP contribution in [0.5, 0.6) is 0 Å². The molecule has 2 amide bonds. The average Bonchev–Trinajstić information content (AvgIpc) is 2.82. The van der Waals surface area contributed by atoms with Gasteiger partial charge in [-0.25, -0.2) is 0 Å². The van der Waals surface area contributed by atoms with Gasteiger partial charge >= 0.3 is 0 Å². The first kappa shape index (κ1) is 17.3. The number of amides is 2. The van der Waals surface area contributed by atoms with E-state index in [1.54, 1.807) is 0 Å². The normalized spacial score (nSPS) is 17.8. The predicted octanol–water partition coefficient (Wildman–Crippen LogP) is 0.474. The lowest BCUT2D eigenvalue weighted by atomic mass is 10.2. The second kappa shape index (κ2) is 10.4. The largest absolute Gasteiger partial charge is 0.368 e. The molecule has 1 aliphatic heterocycles. The molecule has 0 aliphatic carbocycles. The Morgan fingerprint density at radius 1 is 1.25 bits per heavy atom. The Labute approximate surface area is 98.2 Å². The van der Waals surface area contributed by atoms with Crippen molar-refractivity contribution < 1.29 is 9.59 Å². The summed E-state index contributed by atoms with van der Waals surface area (Å²) in [6.07, 6.45) is 1.50. The summed E-state index contributed by atoms with van der Waals surface area (Å²) in [5, 5.41) is 0. The van der Waals surface area contributed by atoms with Crippen LogP contribution in [0.15, 0.2) is 0 Å². The van der Waals surface area contributed by atoms with Crippen LogP contribution in [0.4, 0.5) is 0 Å². The molecule has 1 atom stereocenters. The SMILES string of the molecule is CC.CC.NCC(=O)N1CCCC1C(N)=O. The number of nitrogens with zero attached hydrogens (tertiary/aromatic N) is 1. The Morgan fingerprint density at radius 2 is 1.75 bits per heavy atom. The van der Waals surface area contributed by atoms with Crippen LogP contribution in [0.25, 0.3) is 0 Å². The smallest absolute Gasteiger partial charge is 0.240 e. The summed E-state index contributed by atoms with van der Waals surface area (Å²) in [6, 6.07) is -0.430. The highest BCUT2D eigenvalue weighted by atomic mass is 16.2. The first-order valence-corrected chi connectivity index (χ1v) is 5.95. The molecular weight excluding hydrogens is 206 g/mol. The molecule has 0 radical (unpaired) electrons. The number of carbonyl (C=O) groups is 2. The number of hydrogen-bond donors (Lipinski definition) is 2. The van der Waals surface area contributed by atoms with Crippen LogP contribution in [0.2, 0.25) is 0 Å². The third-order valence-electron chi connectivity index (χ3n) is 2.08. The molecule has 1 saturated heterocycles. The maximum Gasteiger partial charge on any atom is 0.240 e. The molecule has 5 nitrogen and oxygen atoms in total. The van der Waals surface area contributed by atoms with Gasteiger partial charge in [-0.05, 0) is 12.8 Å². The molecule has 0 aromatic rings. The maximum atomic E-state index is 11.1. The van der Waals surface area contributed by atoms with Crippen LogP contribution < -0.4 is 11.5 Å². The van der Waals surface area contributed by atoms with Crippen LogP contribution in [0, 0.1) is 0 Å². The molecule has 1 aliphatic rings. The monoisotopic (exact) mass is 231 g/mol. The lowest BCUT2D eigenvalue weighted by Gasteiger charge is -2.20. The van der Waals surface area contributed by atoms with Crippen molar-refractivity contribution in [1.82, 2.24) is 4.90 Å². The summed E-state index contributed by atoms with van der Waals surface area (Å²) < 4.78 is 0. The molecule has 0 bridgehead atoms. The summed E-state index contributed by atoms with van der Waals surface area (Å²) in [5.74, 6) is -0.634. The first-order chi connectivity index (χ1) is 7.66. The minimum absolute atomic E-state index is 0.0518. The molecule has 1 fully saturated rings. The lowest BCUT2D eigenvalue weighted by Crippen LogP contribution is -2.45. The standard InChI is InChI=1S/C7H13N3O2.2C2H6/c8-4-6(11)10-3-1-2-5(10)7(9)12;2*1-2/h5H,1-4,8H2,(H2,9,12);2*1-2H3. The second-order valence-electron chi connectivity index (χ2n) is 2.85. The predicted molar refractivity (Wildman–Crippen MR) is 65.7 cm³/mol. The van der Waals surface area contributed by atoms with Crippen LogP contribution in [0.1, 0.15) is 40.5 Å². The van der Waals surface area contributed by atoms with Crippen molar-refractivity contribution in [1.29, 1.82) is 0 Å². The molecular formula is C11H25N3O2. The molecule has 5 heteroatoms. The van der Waals surface area contributed by atoms with E-state index in [4.69, 9.17) is 11.5 Å². The van der Waals surface area contributed by atoms with Crippen molar-refractivity contribution in [2.45, 2.75) is 46.6 Å². The molecule has 0 saturated carbocycles. The third-order valence-corrected chi connectivity index (χ3v) is 2.08. The van der Waals surface area contributed by atoms with Gasteiger partial charge in [0.1, 0.15) is 6.04 Å². The van der Waals surface area contributed by atoms with E-state index in [2.05, 4.69) is 0 Å². The van der Waals surface area contributed by atoms with E-state index in [0.29, 0.717) is 13.0 Å². The zero-order valence-electron chi connectivity index (χ0n) is 10.8. The minimum Gasteiger partial charge on any atom is -0.368 e. The Hall–Kier alpha value is -1.10. The Balaban J connectivity index is 0. The number of nitrogens with two attached hydrogens (primary N) is 2. The van der Waals surface area contributed by atoms with Gasteiger partial charge in [-0.3, -0.25) is 9.59 Å². The summed E-state index contributed by atoms with van der Waals surface area (Å²) >= 11 is 0. The lowest BCUT2D eigenvalue weighted by molar-refractivity contribution is -0.136. The van der Waals surface area contributed by atoms with Gasteiger partial charge in [0.25, 0.3) is 0 Å². The molecule has 4 N–H and O–H groups in total. The molecule has 16 heavy (non-hydrogen) atoms. The number of rotatable bonds is 2. The molecule has 1 heterocycles. The van der Waals surface area contributed by atoms with E-state index >= 15 is 0 Å². The Kier molecular flexibility index (Phi) is 11.3. The fourth-order valence-electron chi connectivity index (χ4n) is 1.48. The highest BCUT2D eigenvalue weighted by Gasteiger charge is 2.31. The molecule has 96 valence electrons. The van der Waals surface area contributed by atoms with E-state index in [0.717, 1.165) is 6.42 Å². The summed E-state index contributed by atoms with van der Waals surface area (Å²) in [6.45, 7) is 8.55. The zero-order chi connectivity index (χ0) is 13.1. The minimum atomic E-state index is -0.436. The number of likely N-dealkylation sites (tertiary alicyclic amines) is 1. The van der Waals surface area contributed by atoms with Crippen LogP contribution >= 0.6 is 0 Å². The summed E-state index contributed by atoms with van der Waals surface area (Å²) in [5.41, 5.74) is 10.3. The number of primary amides is 1. The molecule has 0 aromatic carbocycles. The molecule has 0 spiro atoms. The topological polar surface area (TPSA) is 89.4 Å². The van der Waals surface area contributed by atoms with Gasteiger partial charge in [-0.2, -0.15) is 0 Å². The van der Waals surface area contributed by atoms with Crippen molar-refractivity contribution in [3.05, 3.63) is 0 Å². The number of hydrogen-bond acceptors (Lipinski definition) is 3. The van der Waals surface area contributed by atoms with E-state index in [-0.39, 0.29) is 12.5 Å². The quantitative estimate of drug-likeness (QED) is 0.724. The van der Waals surface area contributed by atoms with Gasteiger partial charge in [0.15, 0.2) is 0 Å². The average molecular weight is 231 g/mol. The number of carbonyl (C=O) groups excluding carboxylic acids is 2. The van der Waals surface area contributed by atoms with Gasteiger partial charge < -0.3 is 16.4 Å². The summed E-state index contributed by atoms with van der Waals surface area (Å²) in [7, 11) is 0. The van der Waals surface area contributed by atoms with Crippen LogP contribution in [0.3, 0.4) is 0 Å². The van der Waals surface area contributed by atoms with Gasteiger partial charge in [-0.15, -0.1) is 0 Å². The van der Waals surface area contributed by atoms with Crippen LogP contribution in [-0.4, -0.2) is 35.8 Å². The fraction of sp³-hybridized carbons (Fsp3) is 0.818. The van der Waals surface area contributed by atoms with E-state index in [9.17, 15) is 9.59 Å². The third kappa shape index (κ3) is 5.11. The second-order valence-corrected chi connectivity index (χ2v) is 2.85. The van der Waals surface area contributed by atoms with Crippen molar-refractivity contribution in [2.75, 3.05) is 13.1 Å². The molecule has 0 aromatic heterocycles. The van der Waals surface area contributed by atoms with E-state index in [1.807, 2.05) is 27.7 Å². The Morgan fingerprint density at radius 3 is 2.12 bits per heavy atom. The van der Waals surface area contributed by atoms with Crippen LogP contribution in [-0.2, 0) is 9.59 Å². The van der Waals surface area contributed by atoms with Crippen molar-refractivity contribution in [2.24, 2.45) is 11.5 Å². The highest BCUT2D eigenvalue weighted by molar-refractivity contribution is 5.87. The van der Waals surface area contributed by atoms with Crippen molar-refractivity contribution >= 4 is 11.8 Å². The zero-order valence-corrected chi connectivity index (χ0v) is 10.8.